The van der Waals surface area contributed by atoms with Crippen molar-refractivity contribution in [1.82, 2.24) is 15.3 Å². The topological polar surface area (TPSA) is 37.8 Å². The molecule has 1 aromatic heterocycles. The molecule has 0 aromatic carbocycles. The van der Waals surface area contributed by atoms with Gasteiger partial charge in [0.15, 0.2) is 0 Å². The van der Waals surface area contributed by atoms with E-state index in [1.165, 1.54) is 32.1 Å². The molecular weight excluding hydrogens is 210 g/mol. The Hall–Kier alpha value is -0.960. The molecule has 1 aromatic rings. The average molecular weight is 235 g/mol. The van der Waals surface area contributed by atoms with Gasteiger partial charge in [-0.25, -0.2) is 0 Å². The van der Waals surface area contributed by atoms with E-state index in [9.17, 15) is 0 Å². The van der Waals surface area contributed by atoms with Gasteiger partial charge in [-0.3, -0.25) is 9.97 Å². The van der Waals surface area contributed by atoms with Gasteiger partial charge >= 0.3 is 0 Å². The summed E-state index contributed by atoms with van der Waals surface area (Å²) >= 11 is 0. The summed E-state index contributed by atoms with van der Waals surface area (Å²) in [5.74, 6) is 0. The van der Waals surface area contributed by atoms with Crippen LogP contribution in [0.3, 0.4) is 0 Å². The molecule has 0 amide bonds. The molecule has 3 heteroatoms. The van der Waals surface area contributed by atoms with Crippen LogP contribution in [-0.4, -0.2) is 16.5 Å². The molecule has 3 nitrogen and oxygen atoms in total. The summed E-state index contributed by atoms with van der Waals surface area (Å²) in [6.45, 7) is 5.49. The van der Waals surface area contributed by atoms with Crippen LogP contribution >= 0.6 is 0 Å². The lowest BCUT2D eigenvalue weighted by Crippen LogP contribution is -2.23. The first kappa shape index (κ1) is 14.1. The van der Waals surface area contributed by atoms with Crippen LogP contribution in [-0.2, 0) is 0 Å². The van der Waals surface area contributed by atoms with E-state index in [2.05, 4.69) is 29.1 Å². The van der Waals surface area contributed by atoms with Gasteiger partial charge in [0, 0.05) is 18.6 Å². The van der Waals surface area contributed by atoms with E-state index in [0.29, 0.717) is 6.04 Å². The van der Waals surface area contributed by atoms with Gasteiger partial charge in [-0.2, -0.15) is 0 Å². The van der Waals surface area contributed by atoms with E-state index in [1.54, 1.807) is 12.4 Å². The maximum atomic E-state index is 4.41. The fourth-order valence-corrected chi connectivity index (χ4v) is 1.94. The van der Waals surface area contributed by atoms with Crippen molar-refractivity contribution >= 4 is 0 Å². The van der Waals surface area contributed by atoms with Gasteiger partial charge in [-0.05, 0) is 19.4 Å². The zero-order valence-electron chi connectivity index (χ0n) is 11.2. The van der Waals surface area contributed by atoms with Crippen LogP contribution in [0.4, 0.5) is 0 Å². The molecule has 1 atom stereocenters. The van der Waals surface area contributed by atoms with Crippen molar-refractivity contribution in [3.05, 3.63) is 24.3 Å². The number of unbranched alkanes of at least 4 members (excludes halogenated alkanes) is 3. The van der Waals surface area contributed by atoms with Gasteiger partial charge in [0.05, 0.1) is 11.7 Å². The Kier molecular flexibility index (Phi) is 7.56. The van der Waals surface area contributed by atoms with E-state index < -0.39 is 0 Å². The zero-order chi connectivity index (χ0) is 12.3. The highest BCUT2D eigenvalue weighted by atomic mass is 14.9. The van der Waals surface area contributed by atoms with Crippen molar-refractivity contribution in [2.75, 3.05) is 6.54 Å². The maximum absolute atomic E-state index is 4.41. The minimum Gasteiger partial charge on any atom is -0.309 e. The van der Waals surface area contributed by atoms with Gasteiger partial charge < -0.3 is 5.32 Å². The normalized spacial score (nSPS) is 12.6. The first-order chi connectivity index (χ1) is 8.38. The van der Waals surface area contributed by atoms with Gasteiger partial charge in [-0.1, -0.05) is 39.5 Å². The Morgan fingerprint density at radius 2 is 2.00 bits per heavy atom. The predicted molar refractivity (Wildman–Crippen MR) is 71.8 cm³/mol. The van der Waals surface area contributed by atoms with Crippen LogP contribution in [0.2, 0.25) is 0 Å². The fourth-order valence-electron chi connectivity index (χ4n) is 1.94. The SMILES string of the molecule is CCCCCCC(NCCC)c1cnccn1. The van der Waals surface area contributed by atoms with E-state index >= 15 is 0 Å². The van der Waals surface area contributed by atoms with Gasteiger partial charge in [-0.15, -0.1) is 0 Å². The van der Waals surface area contributed by atoms with Crippen LogP contribution in [0.1, 0.15) is 64.1 Å². The lowest BCUT2D eigenvalue weighted by Gasteiger charge is -2.17. The maximum Gasteiger partial charge on any atom is 0.0756 e. The molecule has 0 aliphatic rings. The Morgan fingerprint density at radius 3 is 2.65 bits per heavy atom. The van der Waals surface area contributed by atoms with Crippen molar-refractivity contribution in [2.24, 2.45) is 0 Å². The van der Waals surface area contributed by atoms with Gasteiger partial charge in [0.25, 0.3) is 0 Å². The first-order valence-electron chi connectivity index (χ1n) is 6.87. The van der Waals surface area contributed by atoms with Crippen LogP contribution in [0.15, 0.2) is 18.6 Å². The first-order valence-corrected chi connectivity index (χ1v) is 6.87. The molecule has 0 aliphatic carbocycles. The Balaban J connectivity index is 2.43. The summed E-state index contributed by atoms with van der Waals surface area (Å²) in [5, 5.41) is 3.56. The highest BCUT2D eigenvalue weighted by Gasteiger charge is 2.11. The van der Waals surface area contributed by atoms with E-state index in [-0.39, 0.29) is 0 Å². The zero-order valence-corrected chi connectivity index (χ0v) is 11.2. The van der Waals surface area contributed by atoms with E-state index in [1.807, 2.05) is 6.20 Å². The molecule has 17 heavy (non-hydrogen) atoms. The molecule has 1 unspecified atom stereocenters. The summed E-state index contributed by atoms with van der Waals surface area (Å²) < 4.78 is 0. The third kappa shape index (κ3) is 5.78. The number of nitrogens with one attached hydrogen (secondary N) is 1. The number of rotatable bonds is 9. The van der Waals surface area contributed by atoms with Crippen molar-refractivity contribution < 1.29 is 0 Å². The molecule has 0 saturated carbocycles. The highest BCUT2D eigenvalue weighted by molar-refractivity contribution is 5.01. The second-order valence-corrected chi connectivity index (χ2v) is 4.49. The van der Waals surface area contributed by atoms with Crippen molar-refractivity contribution in [3.8, 4) is 0 Å². The molecular formula is C14H25N3. The van der Waals surface area contributed by atoms with Gasteiger partial charge in [0.2, 0.25) is 0 Å². The van der Waals surface area contributed by atoms with Crippen LogP contribution in [0.25, 0.3) is 0 Å². The molecule has 1 rings (SSSR count). The monoisotopic (exact) mass is 235 g/mol. The average Bonchev–Trinajstić information content (AvgIpc) is 2.39. The quantitative estimate of drug-likeness (QED) is 0.666. The number of hydrogen-bond donors (Lipinski definition) is 1. The number of hydrogen-bond acceptors (Lipinski definition) is 3. The minimum atomic E-state index is 0.375. The second kappa shape index (κ2) is 9.11. The Bertz CT molecular complexity index is 274. The highest BCUT2D eigenvalue weighted by Crippen LogP contribution is 2.17. The fraction of sp³-hybridized carbons (Fsp3) is 0.714. The second-order valence-electron chi connectivity index (χ2n) is 4.49. The van der Waals surface area contributed by atoms with Crippen LogP contribution in [0.5, 0.6) is 0 Å². The minimum absolute atomic E-state index is 0.375. The summed E-state index contributed by atoms with van der Waals surface area (Å²) in [6, 6.07) is 0.375. The smallest absolute Gasteiger partial charge is 0.0756 e. The third-order valence-electron chi connectivity index (χ3n) is 2.93. The lowest BCUT2D eigenvalue weighted by molar-refractivity contribution is 0.460. The van der Waals surface area contributed by atoms with Crippen molar-refractivity contribution in [1.29, 1.82) is 0 Å². The Morgan fingerprint density at radius 1 is 1.12 bits per heavy atom. The molecule has 1 N–H and O–H groups in total. The molecule has 0 bridgehead atoms. The number of nitrogens with zero attached hydrogens (tertiary/aromatic N) is 2. The summed E-state index contributed by atoms with van der Waals surface area (Å²) in [4.78, 5) is 8.56. The van der Waals surface area contributed by atoms with Crippen molar-refractivity contribution in [3.63, 3.8) is 0 Å². The van der Waals surface area contributed by atoms with E-state index in [4.69, 9.17) is 0 Å². The van der Waals surface area contributed by atoms with E-state index in [0.717, 1.165) is 18.7 Å². The van der Waals surface area contributed by atoms with Crippen LogP contribution < -0.4 is 5.32 Å². The largest absolute Gasteiger partial charge is 0.309 e. The van der Waals surface area contributed by atoms with Crippen LogP contribution in [0, 0.1) is 0 Å². The number of aromatic nitrogens is 2. The molecule has 0 radical (unpaired) electrons. The molecule has 0 fully saturated rings. The summed E-state index contributed by atoms with van der Waals surface area (Å²) in [7, 11) is 0. The predicted octanol–water partition coefficient (Wildman–Crippen LogP) is 3.49. The summed E-state index contributed by atoms with van der Waals surface area (Å²) in [6.07, 6.45) is 12.9. The summed E-state index contributed by atoms with van der Waals surface area (Å²) in [5.41, 5.74) is 1.08. The standard InChI is InChI=1S/C14H25N3/c1-3-5-6-7-8-13(16-9-4-2)14-12-15-10-11-17-14/h10-13,16H,3-9H2,1-2H3. The van der Waals surface area contributed by atoms with Gasteiger partial charge in [0.1, 0.15) is 0 Å². The molecule has 0 aliphatic heterocycles. The van der Waals surface area contributed by atoms with Crippen molar-refractivity contribution in [2.45, 2.75) is 58.4 Å². The third-order valence-corrected chi connectivity index (χ3v) is 2.93. The molecule has 1 heterocycles. The Labute approximate surface area is 105 Å². The molecule has 0 spiro atoms. The molecule has 96 valence electrons. The lowest BCUT2D eigenvalue weighted by atomic mass is 10.0. The molecule has 0 saturated heterocycles.